The molecule has 2 aromatic carbocycles. The lowest BCUT2D eigenvalue weighted by atomic mass is 9.87. The predicted molar refractivity (Wildman–Crippen MR) is 122 cm³/mol. The molecule has 0 unspecified atom stereocenters. The molecule has 6 heteroatoms. The van der Waals surface area contributed by atoms with Crippen molar-refractivity contribution in [3.05, 3.63) is 71.4 Å². The summed E-state index contributed by atoms with van der Waals surface area (Å²) in [4.78, 5) is 27.7. The summed E-state index contributed by atoms with van der Waals surface area (Å²) in [7, 11) is 0. The van der Waals surface area contributed by atoms with Crippen LogP contribution < -0.4 is 9.47 Å². The Kier molecular flexibility index (Phi) is 6.93. The van der Waals surface area contributed by atoms with Crippen molar-refractivity contribution in [1.29, 1.82) is 0 Å². The second kappa shape index (κ2) is 9.64. The molecular weight excluding hydrogens is 406 g/mol. The molecule has 0 aliphatic carbocycles. The van der Waals surface area contributed by atoms with Gasteiger partial charge in [0.15, 0.2) is 5.78 Å². The van der Waals surface area contributed by atoms with Gasteiger partial charge in [-0.25, -0.2) is 4.98 Å². The van der Waals surface area contributed by atoms with Gasteiger partial charge in [-0.15, -0.1) is 0 Å². The average Bonchev–Trinajstić information content (AvgIpc) is 2.74. The minimum atomic E-state index is -0.165. The van der Waals surface area contributed by atoms with E-state index in [2.05, 4.69) is 4.98 Å². The summed E-state index contributed by atoms with van der Waals surface area (Å²) in [5, 5.41) is 10.6. The van der Waals surface area contributed by atoms with E-state index in [0.717, 1.165) is 5.56 Å². The quantitative estimate of drug-likeness (QED) is 0.373. The monoisotopic (exact) mass is 433 g/mol. The van der Waals surface area contributed by atoms with E-state index in [4.69, 9.17) is 9.47 Å². The maximum absolute atomic E-state index is 12.5. The SMILES string of the molecule is Cc1c(OCc2cccc(-c3cccc(OC=O)c3)n2)ccc(C(=O)CC(C)(C)C)c1O. The Morgan fingerprint density at radius 1 is 1.09 bits per heavy atom. The summed E-state index contributed by atoms with van der Waals surface area (Å²) in [6.45, 7) is 8.25. The van der Waals surface area contributed by atoms with Gasteiger partial charge in [-0.3, -0.25) is 9.59 Å². The number of hydrogen-bond acceptors (Lipinski definition) is 6. The summed E-state index contributed by atoms with van der Waals surface area (Å²) in [5.41, 5.74) is 2.87. The highest BCUT2D eigenvalue weighted by molar-refractivity contribution is 5.99. The second-order valence-electron chi connectivity index (χ2n) is 8.79. The van der Waals surface area contributed by atoms with E-state index in [1.165, 1.54) is 0 Å². The Bertz CT molecular complexity index is 1130. The van der Waals surface area contributed by atoms with Gasteiger partial charge in [0.2, 0.25) is 0 Å². The van der Waals surface area contributed by atoms with Crippen LogP contribution in [0, 0.1) is 12.3 Å². The van der Waals surface area contributed by atoms with Gasteiger partial charge < -0.3 is 14.6 Å². The van der Waals surface area contributed by atoms with E-state index < -0.39 is 0 Å². The number of nitrogens with zero attached hydrogens (tertiary/aromatic N) is 1. The van der Waals surface area contributed by atoms with Crippen molar-refractivity contribution < 1.29 is 24.2 Å². The summed E-state index contributed by atoms with van der Waals surface area (Å²) < 4.78 is 10.8. The van der Waals surface area contributed by atoms with Crippen molar-refractivity contribution in [1.82, 2.24) is 4.98 Å². The summed E-state index contributed by atoms with van der Waals surface area (Å²) in [6.07, 6.45) is 0.343. The van der Waals surface area contributed by atoms with Gasteiger partial charge in [0.1, 0.15) is 23.9 Å². The molecule has 1 aromatic heterocycles. The zero-order valence-corrected chi connectivity index (χ0v) is 18.7. The van der Waals surface area contributed by atoms with Crippen LogP contribution in [0.25, 0.3) is 11.3 Å². The first-order chi connectivity index (χ1) is 15.2. The normalized spacial score (nSPS) is 11.1. The van der Waals surface area contributed by atoms with Gasteiger partial charge >= 0.3 is 0 Å². The minimum Gasteiger partial charge on any atom is -0.507 e. The maximum Gasteiger partial charge on any atom is 0.298 e. The van der Waals surface area contributed by atoms with Crippen molar-refractivity contribution in [3.63, 3.8) is 0 Å². The molecule has 6 nitrogen and oxygen atoms in total. The largest absolute Gasteiger partial charge is 0.507 e. The molecule has 0 spiro atoms. The number of carbonyl (C=O) groups excluding carboxylic acids is 2. The zero-order valence-electron chi connectivity index (χ0n) is 18.7. The number of aromatic hydroxyl groups is 1. The third-order valence-electron chi connectivity index (χ3n) is 4.87. The van der Waals surface area contributed by atoms with E-state index in [1.807, 2.05) is 45.0 Å². The third kappa shape index (κ3) is 5.72. The number of phenolic OH excluding ortho intramolecular Hbond substituents is 1. The van der Waals surface area contributed by atoms with Gasteiger partial charge in [0.25, 0.3) is 6.47 Å². The van der Waals surface area contributed by atoms with Crippen molar-refractivity contribution in [2.24, 2.45) is 5.41 Å². The Hall–Kier alpha value is -3.67. The van der Waals surface area contributed by atoms with E-state index in [9.17, 15) is 14.7 Å². The van der Waals surface area contributed by atoms with Gasteiger partial charge in [0.05, 0.1) is 17.0 Å². The van der Waals surface area contributed by atoms with Crippen LogP contribution in [-0.2, 0) is 11.4 Å². The molecule has 3 rings (SSSR count). The van der Waals surface area contributed by atoms with Crippen LogP contribution in [0.5, 0.6) is 17.2 Å². The number of Topliss-reactive ketones (excluding diaryl/α,β-unsaturated/α-hetero) is 1. The topological polar surface area (TPSA) is 85.7 Å². The number of phenols is 1. The Morgan fingerprint density at radius 3 is 2.56 bits per heavy atom. The van der Waals surface area contributed by atoms with Gasteiger partial charge in [0, 0.05) is 17.5 Å². The molecule has 3 aromatic rings. The second-order valence-corrected chi connectivity index (χ2v) is 8.79. The number of pyridine rings is 1. The fraction of sp³-hybridized carbons (Fsp3) is 0.269. The fourth-order valence-electron chi connectivity index (χ4n) is 3.30. The lowest BCUT2D eigenvalue weighted by molar-refractivity contribution is -0.120. The first kappa shape index (κ1) is 23.0. The number of ketones is 1. The van der Waals surface area contributed by atoms with Crippen LogP contribution in [-0.4, -0.2) is 22.3 Å². The van der Waals surface area contributed by atoms with E-state index in [1.54, 1.807) is 37.3 Å². The Labute approximate surface area is 187 Å². The summed E-state index contributed by atoms with van der Waals surface area (Å²) >= 11 is 0. The number of carbonyl (C=O) groups is 2. The highest BCUT2D eigenvalue weighted by atomic mass is 16.5. The molecule has 0 amide bonds. The number of aromatic nitrogens is 1. The standard InChI is InChI=1S/C26H27NO5/c1-17-24(12-11-21(25(17)30)23(29)14-26(2,3)4)31-15-19-8-6-10-22(27-19)18-7-5-9-20(13-18)32-16-28/h5-13,16,30H,14-15H2,1-4H3. The lowest BCUT2D eigenvalue weighted by Gasteiger charge is -2.18. The van der Waals surface area contributed by atoms with Crippen LogP contribution >= 0.6 is 0 Å². The van der Waals surface area contributed by atoms with Gasteiger partial charge in [-0.2, -0.15) is 0 Å². The minimum absolute atomic E-state index is 0.0505. The molecule has 0 radical (unpaired) electrons. The van der Waals surface area contributed by atoms with Crippen molar-refractivity contribution in [2.75, 3.05) is 0 Å². The molecule has 0 aliphatic heterocycles. The highest BCUT2D eigenvalue weighted by Crippen LogP contribution is 2.33. The molecule has 0 aliphatic rings. The zero-order chi connectivity index (χ0) is 23.3. The molecular formula is C26H27NO5. The summed E-state index contributed by atoms with van der Waals surface area (Å²) in [5.74, 6) is 0.779. The highest BCUT2D eigenvalue weighted by Gasteiger charge is 2.21. The predicted octanol–water partition coefficient (Wildman–Crippen LogP) is 5.50. The van der Waals surface area contributed by atoms with Crippen LogP contribution in [0.15, 0.2) is 54.6 Å². The average molecular weight is 434 g/mol. The first-order valence-corrected chi connectivity index (χ1v) is 10.3. The van der Waals surface area contributed by atoms with Crippen LogP contribution in [0.3, 0.4) is 0 Å². The van der Waals surface area contributed by atoms with Crippen LogP contribution in [0.1, 0.15) is 48.8 Å². The molecule has 32 heavy (non-hydrogen) atoms. The molecule has 0 fully saturated rings. The van der Waals surface area contributed by atoms with Crippen LogP contribution in [0.4, 0.5) is 0 Å². The van der Waals surface area contributed by atoms with E-state index in [-0.39, 0.29) is 23.6 Å². The molecule has 0 bridgehead atoms. The number of benzene rings is 2. The molecule has 0 atom stereocenters. The van der Waals surface area contributed by atoms with Gasteiger partial charge in [-0.05, 0) is 48.7 Å². The smallest absolute Gasteiger partial charge is 0.298 e. The summed E-state index contributed by atoms with van der Waals surface area (Å²) in [6, 6.07) is 16.0. The number of ether oxygens (including phenoxy) is 2. The molecule has 0 saturated carbocycles. The van der Waals surface area contributed by atoms with Crippen LogP contribution in [0.2, 0.25) is 0 Å². The fourth-order valence-corrected chi connectivity index (χ4v) is 3.30. The Morgan fingerprint density at radius 2 is 1.84 bits per heavy atom. The molecule has 1 heterocycles. The maximum atomic E-state index is 12.5. The molecule has 166 valence electrons. The van der Waals surface area contributed by atoms with Crippen molar-refractivity contribution in [2.45, 2.75) is 40.7 Å². The molecule has 0 saturated heterocycles. The van der Waals surface area contributed by atoms with E-state index in [0.29, 0.717) is 46.9 Å². The molecule has 1 N–H and O–H groups in total. The number of rotatable bonds is 8. The number of hydrogen-bond donors (Lipinski definition) is 1. The Balaban J connectivity index is 1.75. The third-order valence-corrected chi connectivity index (χ3v) is 4.87. The van der Waals surface area contributed by atoms with Gasteiger partial charge in [-0.1, -0.05) is 39.0 Å². The lowest BCUT2D eigenvalue weighted by Crippen LogP contribution is -2.13. The van der Waals surface area contributed by atoms with Crippen molar-refractivity contribution in [3.8, 4) is 28.5 Å². The van der Waals surface area contributed by atoms with Crippen molar-refractivity contribution >= 4 is 12.3 Å². The first-order valence-electron chi connectivity index (χ1n) is 10.3. The van der Waals surface area contributed by atoms with E-state index >= 15 is 0 Å².